The van der Waals surface area contributed by atoms with Gasteiger partial charge in [0.05, 0.1) is 13.2 Å². The summed E-state index contributed by atoms with van der Waals surface area (Å²) >= 11 is 0. The lowest BCUT2D eigenvalue weighted by Gasteiger charge is -2.20. The van der Waals surface area contributed by atoms with Crippen molar-refractivity contribution in [3.8, 4) is 11.5 Å². The number of aromatic hydroxyl groups is 1. The zero-order valence-corrected chi connectivity index (χ0v) is 11.3. The summed E-state index contributed by atoms with van der Waals surface area (Å²) in [6.07, 6.45) is 0. The van der Waals surface area contributed by atoms with Gasteiger partial charge < -0.3 is 20.3 Å². The van der Waals surface area contributed by atoms with E-state index in [2.05, 4.69) is 19.2 Å². The largest absolute Gasteiger partial charge is 0.504 e. The van der Waals surface area contributed by atoms with Crippen molar-refractivity contribution < 1.29 is 14.9 Å². The summed E-state index contributed by atoms with van der Waals surface area (Å²) in [5.74, 6) is 1.03. The Hall–Kier alpha value is -1.26. The second kappa shape index (κ2) is 7.24. The van der Waals surface area contributed by atoms with Crippen molar-refractivity contribution in [3.05, 3.63) is 23.8 Å². The molecule has 0 fully saturated rings. The number of hydrogen-bond acceptors (Lipinski definition) is 4. The van der Waals surface area contributed by atoms with E-state index in [0.717, 1.165) is 5.56 Å². The Morgan fingerprint density at radius 3 is 2.61 bits per heavy atom. The van der Waals surface area contributed by atoms with Crippen LogP contribution in [0.4, 0.5) is 0 Å². The van der Waals surface area contributed by atoms with Crippen LogP contribution in [0.15, 0.2) is 18.2 Å². The Bertz CT molecular complexity index is 366. The van der Waals surface area contributed by atoms with E-state index in [1.54, 1.807) is 6.07 Å². The smallest absolute Gasteiger partial charge is 0.161 e. The molecule has 0 aliphatic heterocycles. The molecule has 0 saturated carbocycles. The molecule has 0 bridgehead atoms. The van der Waals surface area contributed by atoms with Crippen molar-refractivity contribution in [1.29, 1.82) is 0 Å². The molecule has 1 aromatic carbocycles. The van der Waals surface area contributed by atoms with Crippen LogP contribution in [0.3, 0.4) is 0 Å². The third-order valence-corrected chi connectivity index (χ3v) is 2.89. The maximum Gasteiger partial charge on any atom is 0.161 e. The van der Waals surface area contributed by atoms with E-state index >= 15 is 0 Å². The fraction of sp³-hybridized carbons (Fsp3) is 0.571. The first kappa shape index (κ1) is 14.8. The molecule has 0 heterocycles. The highest BCUT2D eigenvalue weighted by molar-refractivity contribution is 5.41. The van der Waals surface area contributed by atoms with Crippen molar-refractivity contribution in [3.63, 3.8) is 0 Å². The maximum absolute atomic E-state index is 9.59. The molecule has 0 aliphatic rings. The number of ether oxygens (including phenoxy) is 1. The fourth-order valence-electron chi connectivity index (χ4n) is 1.70. The molecule has 0 amide bonds. The molecule has 4 nitrogen and oxygen atoms in total. The zero-order valence-electron chi connectivity index (χ0n) is 11.3. The van der Waals surface area contributed by atoms with Crippen LogP contribution in [0.5, 0.6) is 11.5 Å². The third-order valence-electron chi connectivity index (χ3n) is 2.89. The highest BCUT2D eigenvalue weighted by Crippen LogP contribution is 2.26. The average Bonchev–Trinajstić information content (AvgIpc) is 2.33. The van der Waals surface area contributed by atoms with Gasteiger partial charge in [-0.2, -0.15) is 0 Å². The first-order valence-electron chi connectivity index (χ1n) is 6.37. The standard InChI is InChI=1S/C14H23NO3/c1-4-18-14-7-11(5-6-13(14)17)8-15-12(9-16)10(2)3/h5-7,10,12,15-17H,4,8-9H2,1-3H3. The summed E-state index contributed by atoms with van der Waals surface area (Å²) < 4.78 is 5.33. The van der Waals surface area contributed by atoms with Crippen molar-refractivity contribution in [2.45, 2.75) is 33.4 Å². The highest BCUT2D eigenvalue weighted by atomic mass is 16.5. The molecule has 3 N–H and O–H groups in total. The first-order chi connectivity index (χ1) is 8.58. The van der Waals surface area contributed by atoms with Crippen molar-refractivity contribution in [2.24, 2.45) is 5.92 Å². The quantitative estimate of drug-likeness (QED) is 0.694. The monoisotopic (exact) mass is 253 g/mol. The molecular formula is C14H23NO3. The lowest BCUT2D eigenvalue weighted by molar-refractivity contribution is 0.210. The van der Waals surface area contributed by atoms with Crippen LogP contribution >= 0.6 is 0 Å². The van der Waals surface area contributed by atoms with Crippen LogP contribution in [0, 0.1) is 5.92 Å². The van der Waals surface area contributed by atoms with Gasteiger partial charge in [0.2, 0.25) is 0 Å². The van der Waals surface area contributed by atoms with Crippen molar-refractivity contribution in [2.75, 3.05) is 13.2 Å². The van der Waals surface area contributed by atoms with E-state index < -0.39 is 0 Å². The Kier molecular flexibility index (Phi) is 5.95. The predicted molar refractivity (Wildman–Crippen MR) is 71.8 cm³/mol. The van der Waals surface area contributed by atoms with E-state index in [-0.39, 0.29) is 18.4 Å². The molecule has 1 unspecified atom stereocenters. The molecule has 0 saturated heterocycles. The van der Waals surface area contributed by atoms with E-state index in [1.807, 2.05) is 19.1 Å². The molecule has 1 atom stereocenters. The minimum Gasteiger partial charge on any atom is -0.504 e. The van der Waals surface area contributed by atoms with Crippen LogP contribution in [-0.4, -0.2) is 29.5 Å². The number of phenolic OH excluding ortho intramolecular Hbond substituents is 1. The summed E-state index contributed by atoms with van der Waals surface area (Å²) in [7, 11) is 0. The number of aliphatic hydroxyl groups is 1. The topological polar surface area (TPSA) is 61.7 Å². The van der Waals surface area contributed by atoms with Gasteiger partial charge >= 0.3 is 0 Å². The van der Waals surface area contributed by atoms with Gasteiger partial charge in [0.25, 0.3) is 0 Å². The molecular weight excluding hydrogens is 230 g/mol. The lowest BCUT2D eigenvalue weighted by atomic mass is 10.0. The molecule has 4 heteroatoms. The predicted octanol–water partition coefficient (Wildman–Crippen LogP) is 1.90. The number of aliphatic hydroxyl groups excluding tert-OH is 1. The minimum atomic E-state index is 0.0781. The molecule has 0 aliphatic carbocycles. The second-order valence-electron chi connectivity index (χ2n) is 4.65. The summed E-state index contributed by atoms with van der Waals surface area (Å²) in [5.41, 5.74) is 1.02. The molecule has 102 valence electrons. The Balaban J connectivity index is 2.64. The Morgan fingerprint density at radius 1 is 1.33 bits per heavy atom. The number of rotatable bonds is 7. The number of hydrogen-bond donors (Lipinski definition) is 3. The normalized spacial score (nSPS) is 12.7. The molecule has 1 rings (SSSR count). The number of benzene rings is 1. The summed E-state index contributed by atoms with van der Waals surface area (Å²) in [5, 5.41) is 22.1. The molecule has 18 heavy (non-hydrogen) atoms. The van der Waals surface area contributed by atoms with Crippen LogP contribution in [-0.2, 0) is 6.54 Å². The molecule has 0 aromatic heterocycles. The van der Waals surface area contributed by atoms with Gasteiger partial charge in [-0.15, -0.1) is 0 Å². The summed E-state index contributed by atoms with van der Waals surface area (Å²) in [4.78, 5) is 0. The van der Waals surface area contributed by atoms with Crippen LogP contribution < -0.4 is 10.1 Å². The van der Waals surface area contributed by atoms with Crippen molar-refractivity contribution >= 4 is 0 Å². The Labute approximate surface area is 109 Å². The van der Waals surface area contributed by atoms with Crippen molar-refractivity contribution in [1.82, 2.24) is 5.32 Å². The van der Waals surface area contributed by atoms with E-state index in [0.29, 0.717) is 24.8 Å². The van der Waals surface area contributed by atoms with Crippen LogP contribution in [0.25, 0.3) is 0 Å². The second-order valence-corrected chi connectivity index (χ2v) is 4.65. The SMILES string of the molecule is CCOc1cc(CNC(CO)C(C)C)ccc1O. The van der Waals surface area contributed by atoms with Gasteiger partial charge in [0.1, 0.15) is 0 Å². The van der Waals surface area contributed by atoms with E-state index in [1.165, 1.54) is 0 Å². The number of nitrogens with one attached hydrogen (secondary N) is 1. The maximum atomic E-state index is 9.59. The van der Waals surface area contributed by atoms with Gasteiger partial charge in [0, 0.05) is 12.6 Å². The zero-order chi connectivity index (χ0) is 13.5. The van der Waals surface area contributed by atoms with E-state index in [9.17, 15) is 10.2 Å². The number of phenols is 1. The minimum absolute atomic E-state index is 0.0781. The first-order valence-corrected chi connectivity index (χ1v) is 6.37. The highest BCUT2D eigenvalue weighted by Gasteiger charge is 2.11. The average molecular weight is 253 g/mol. The summed E-state index contributed by atoms with van der Waals surface area (Å²) in [6, 6.07) is 5.38. The molecule has 0 spiro atoms. The van der Waals surface area contributed by atoms with Crippen LogP contribution in [0.2, 0.25) is 0 Å². The summed E-state index contributed by atoms with van der Waals surface area (Å²) in [6.45, 7) is 7.30. The third kappa shape index (κ3) is 4.20. The lowest BCUT2D eigenvalue weighted by Crippen LogP contribution is -2.36. The Morgan fingerprint density at radius 2 is 2.06 bits per heavy atom. The van der Waals surface area contributed by atoms with Gasteiger partial charge in [0.15, 0.2) is 11.5 Å². The fourth-order valence-corrected chi connectivity index (χ4v) is 1.70. The van der Waals surface area contributed by atoms with Gasteiger partial charge in [-0.05, 0) is 30.5 Å². The van der Waals surface area contributed by atoms with Gasteiger partial charge in [-0.25, -0.2) is 0 Å². The van der Waals surface area contributed by atoms with Crippen LogP contribution in [0.1, 0.15) is 26.3 Å². The van der Waals surface area contributed by atoms with E-state index in [4.69, 9.17) is 4.74 Å². The molecule has 1 aromatic rings. The van der Waals surface area contributed by atoms with Gasteiger partial charge in [-0.1, -0.05) is 19.9 Å². The van der Waals surface area contributed by atoms with Gasteiger partial charge in [-0.3, -0.25) is 0 Å². The molecule has 0 radical (unpaired) electrons.